The van der Waals surface area contributed by atoms with Crippen LogP contribution in [0.2, 0.25) is 5.02 Å². The van der Waals surface area contributed by atoms with Gasteiger partial charge in [-0.3, -0.25) is 0 Å². The fourth-order valence-corrected chi connectivity index (χ4v) is 2.87. The van der Waals surface area contributed by atoms with Gasteiger partial charge in [0.05, 0.1) is 10.7 Å². The molecule has 22 heavy (non-hydrogen) atoms. The van der Waals surface area contributed by atoms with Gasteiger partial charge in [0, 0.05) is 11.4 Å². The monoisotopic (exact) mass is 307 g/mol. The SMILES string of the molecule is Cc1cc(C)c(Cl)c(N(c2ccccc2)c2ccccc2)c1. The van der Waals surface area contributed by atoms with Gasteiger partial charge in [-0.05, 0) is 55.3 Å². The number of para-hydroxylation sites is 2. The second-order valence-electron chi connectivity index (χ2n) is 5.42. The summed E-state index contributed by atoms with van der Waals surface area (Å²) in [7, 11) is 0. The first-order valence-corrected chi connectivity index (χ1v) is 7.71. The molecule has 0 radical (unpaired) electrons. The molecule has 0 unspecified atom stereocenters. The van der Waals surface area contributed by atoms with E-state index in [2.05, 4.69) is 48.2 Å². The van der Waals surface area contributed by atoms with Gasteiger partial charge in [0.25, 0.3) is 0 Å². The highest BCUT2D eigenvalue weighted by Gasteiger charge is 2.16. The maximum atomic E-state index is 6.62. The van der Waals surface area contributed by atoms with Crippen LogP contribution < -0.4 is 4.90 Å². The maximum absolute atomic E-state index is 6.62. The normalized spacial score (nSPS) is 10.5. The number of hydrogen-bond acceptors (Lipinski definition) is 1. The van der Waals surface area contributed by atoms with E-state index < -0.39 is 0 Å². The highest BCUT2D eigenvalue weighted by Crippen LogP contribution is 2.40. The second kappa shape index (κ2) is 6.25. The van der Waals surface area contributed by atoms with E-state index in [0.717, 1.165) is 27.6 Å². The fraction of sp³-hybridized carbons (Fsp3) is 0.100. The Kier molecular flexibility index (Phi) is 4.17. The molecule has 3 rings (SSSR count). The predicted octanol–water partition coefficient (Wildman–Crippen LogP) is 6.43. The third kappa shape index (κ3) is 2.86. The molecule has 0 aliphatic heterocycles. The maximum Gasteiger partial charge on any atom is 0.0676 e. The van der Waals surface area contributed by atoms with Gasteiger partial charge >= 0.3 is 0 Å². The number of anilines is 3. The number of rotatable bonds is 3. The first-order valence-electron chi connectivity index (χ1n) is 7.34. The zero-order valence-electron chi connectivity index (χ0n) is 12.8. The zero-order valence-corrected chi connectivity index (χ0v) is 13.5. The average Bonchev–Trinajstić information content (AvgIpc) is 2.54. The van der Waals surface area contributed by atoms with E-state index in [1.54, 1.807) is 0 Å². The number of nitrogens with zero attached hydrogens (tertiary/aromatic N) is 1. The lowest BCUT2D eigenvalue weighted by Crippen LogP contribution is -2.11. The van der Waals surface area contributed by atoms with Crippen molar-refractivity contribution in [1.82, 2.24) is 0 Å². The molecule has 0 N–H and O–H groups in total. The largest absolute Gasteiger partial charge is 0.309 e. The first kappa shape index (κ1) is 14.7. The van der Waals surface area contributed by atoms with Gasteiger partial charge in [-0.15, -0.1) is 0 Å². The average molecular weight is 308 g/mol. The molecule has 0 heterocycles. The van der Waals surface area contributed by atoms with E-state index in [1.807, 2.05) is 43.3 Å². The van der Waals surface area contributed by atoms with E-state index in [4.69, 9.17) is 11.6 Å². The van der Waals surface area contributed by atoms with Crippen molar-refractivity contribution < 1.29 is 0 Å². The smallest absolute Gasteiger partial charge is 0.0676 e. The number of aryl methyl sites for hydroxylation is 2. The van der Waals surface area contributed by atoms with E-state index in [0.29, 0.717) is 0 Å². The fourth-order valence-electron chi connectivity index (χ4n) is 2.67. The summed E-state index contributed by atoms with van der Waals surface area (Å²) in [5.74, 6) is 0. The van der Waals surface area contributed by atoms with Crippen molar-refractivity contribution in [3.8, 4) is 0 Å². The van der Waals surface area contributed by atoms with Gasteiger partial charge in [-0.1, -0.05) is 54.1 Å². The Bertz CT molecular complexity index is 727. The molecule has 0 amide bonds. The molecule has 0 atom stereocenters. The van der Waals surface area contributed by atoms with Crippen LogP contribution in [0.3, 0.4) is 0 Å². The number of hydrogen-bond donors (Lipinski definition) is 0. The van der Waals surface area contributed by atoms with E-state index >= 15 is 0 Å². The summed E-state index contributed by atoms with van der Waals surface area (Å²) in [6.45, 7) is 4.15. The molecule has 0 fully saturated rings. The highest BCUT2D eigenvalue weighted by molar-refractivity contribution is 6.34. The molecule has 3 aromatic carbocycles. The van der Waals surface area contributed by atoms with Crippen LogP contribution in [0.15, 0.2) is 72.8 Å². The molecule has 3 aromatic rings. The lowest BCUT2D eigenvalue weighted by Gasteiger charge is -2.27. The molecule has 110 valence electrons. The Balaban J connectivity index is 2.23. The van der Waals surface area contributed by atoms with Crippen molar-refractivity contribution in [2.24, 2.45) is 0 Å². The first-order chi connectivity index (χ1) is 10.7. The van der Waals surface area contributed by atoms with Crippen molar-refractivity contribution in [3.05, 3.63) is 88.9 Å². The van der Waals surface area contributed by atoms with Crippen LogP contribution in [-0.2, 0) is 0 Å². The predicted molar refractivity (Wildman–Crippen MR) is 95.6 cm³/mol. The minimum absolute atomic E-state index is 0.790. The van der Waals surface area contributed by atoms with Crippen molar-refractivity contribution in [1.29, 1.82) is 0 Å². The molecule has 1 nitrogen and oxygen atoms in total. The lowest BCUT2D eigenvalue weighted by molar-refractivity contribution is 1.25. The van der Waals surface area contributed by atoms with Crippen LogP contribution in [0.25, 0.3) is 0 Å². The van der Waals surface area contributed by atoms with Crippen LogP contribution >= 0.6 is 11.6 Å². The van der Waals surface area contributed by atoms with Gasteiger partial charge in [-0.25, -0.2) is 0 Å². The molecular weight excluding hydrogens is 290 g/mol. The minimum atomic E-state index is 0.790. The Morgan fingerprint density at radius 1 is 0.727 bits per heavy atom. The van der Waals surface area contributed by atoms with E-state index in [1.165, 1.54) is 5.56 Å². The zero-order chi connectivity index (χ0) is 15.5. The van der Waals surface area contributed by atoms with Gasteiger partial charge in [0.1, 0.15) is 0 Å². The molecule has 0 aliphatic rings. The van der Waals surface area contributed by atoms with E-state index in [-0.39, 0.29) is 0 Å². The highest BCUT2D eigenvalue weighted by atomic mass is 35.5. The molecule has 0 saturated heterocycles. The number of halogens is 1. The Morgan fingerprint density at radius 3 is 1.73 bits per heavy atom. The van der Waals surface area contributed by atoms with Crippen LogP contribution in [-0.4, -0.2) is 0 Å². The summed E-state index contributed by atoms with van der Waals surface area (Å²) in [6.07, 6.45) is 0. The van der Waals surface area contributed by atoms with E-state index in [9.17, 15) is 0 Å². The van der Waals surface area contributed by atoms with Crippen LogP contribution in [0.1, 0.15) is 11.1 Å². The Labute approximate surface area is 136 Å². The topological polar surface area (TPSA) is 3.24 Å². The summed E-state index contributed by atoms with van der Waals surface area (Å²) >= 11 is 6.62. The summed E-state index contributed by atoms with van der Waals surface area (Å²) in [6, 6.07) is 24.9. The molecule has 2 heteroatoms. The van der Waals surface area contributed by atoms with Gasteiger partial charge in [0.2, 0.25) is 0 Å². The van der Waals surface area contributed by atoms with Crippen LogP contribution in [0.5, 0.6) is 0 Å². The third-order valence-electron chi connectivity index (χ3n) is 3.65. The molecule has 0 saturated carbocycles. The van der Waals surface area contributed by atoms with Crippen molar-refractivity contribution in [2.75, 3.05) is 4.90 Å². The summed E-state index contributed by atoms with van der Waals surface area (Å²) in [5, 5.41) is 0.790. The Hall–Kier alpha value is -2.25. The molecule has 0 bridgehead atoms. The van der Waals surface area contributed by atoms with Crippen LogP contribution in [0, 0.1) is 13.8 Å². The molecule has 0 aromatic heterocycles. The third-order valence-corrected chi connectivity index (χ3v) is 4.14. The van der Waals surface area contributed by atoms with Crippen molar-refractivity contribution >= 4 is 28.7 Å². The van der Waals surface area contributed by atoms with Crippen molar-refractivity contribution in [2.45, 2.75) is 13.8 Å². The van der Waals surface area contributed by atoms with Gasteiger partial charge in [-0.2, -0.15) is 0 Å². The summed E-state index contributed by atoms with van der Waals surface area (Å²) in [5.41, 5.74) is 5.50. The summed E-state index contributed by atoms with van der Waals surface area (Å²) < 4.78 is 0. The quantitative estimate of drug-likeness (QED) is 0.539. The van der Waals surface area contributed by atoms with Gasteiger partial charge < -0.3 is 4.90 Å². The van der Waals surface area contributed by atoms with Crippen LogP contribution in [0.4, 0.5) is 17.1 Å². The minimum Gasteiger partial charge on any atom is -0.309 e. The molecular formula is C20H18ClN. The Morgan fingerprint density at radius 2 is 1.23 bits per heavy atom. The lowest BCUT2D eigenvalue weighted by atomic mass is 10.1. The second-order valence-corrected chi connectivity index (χ2v) is 5.80. The number of benzene rings is 3. The standard InChI is InChI=1S/C20H18ClN/c1-15-13-16(2)20(21)19(14-15)22(17-9-5-3-6-10-17)18-11-7-4-8-12-18/h3-14H,1-2H3. The molecule has 0 aliphatic carbocycles. The van der Waals surface area contributed by atoms with Crippen molar-refractivity contribution in [3.63, 3.8) is 0 Å². The van der Waals surface area contributed by atoms with Gasteiger partial charge in [0.15, 0.2) is 0 Å². The molecule has 0 spiro atoms. The summed E-state index contributed by atoms with van der Waals surface area (Å²) in [4.78, 5) is 2.20.